The van der Waals surface area contributed by atoms with Crippen LogP contribution in [0.2, 0.25) is 0 Å². The number of fused-ring (bicyclic) bond motifs is 1. The molecule has 0 N–H and O–H groups in total. The maximum atomic E-state index is 12.2. The molecule has 27 heavy (non-hydrogen) atoms. The standard InChI is InChI=1S/C22H29ClO4/c1-4-16(12-13-22(23,20(24)5-2)21(25)6-3)8-7-9-17-10-11-18-19(14-17)27-15-26-18/h8,10-11,14H,4-7,9,12-13,15H2,1-3H3/b16-8+. The molecule has 148 valence electrons. The van der Waals surface area contributed by atoms with Crippen molar-refractivity contribution in [2.75, 3.05) is 6.79 Å². The Labute approximate surface area is 166 Å². The van der Waals surface area contributed by atoms with Gasteiger partial charge in [-0.2, -0.15) is 0 Å². The largest absolute Gasteiger partial charge is 0.454 e. The fourth-order valence-corrected chi connectivity index (χ4v) is 3.65. The second-order valence-corrected chi connectivity index (χ2v) is 7.44. The molecular formula is C22H29ClO4. The van der Waals surface area contributed by atoms with Crippen LogP contribution in [0.1, 0.15) is 64.9 Å². The Balaban J connectivity index is 1.95. The van der Waals surface area contributed by atoms with Crippen molar-refractivity contribution in [3.05, 3.63) is 35.4 Å². The number of rotatable bonds is 11. The molecule has 0 unspecified atom stereocenters. The van der Waals surface area contributed by atoms with Gasteiger partial charge in [0.15, 0.2) is 27.9 Å². The summed E-state index contributed by atoms with van der Waals surface area (Å²) in [6.45, 7) is 5.88. The van der Waals surface area contributed by atoms with Gasteiger partial charge in [-0.25, -0.2) is 0 Å². The minimum absolute atomic E-state index is 0.174. The number of hydrogen-bond donors (Lipinski definition) is 0. The Morgan fingerprint density at radius 2 is 1.74 bits per heavy atom. The average Bonchev–Trinajstić information content (AvgIpc) is 3.16. The molecule has 5 heteroatoms. The van der Waals surface area contributed by atoms with Gasteiger partial charge in [0.1, 0.15) is 0 Å². The fourth-order valence-electron chi connectivity index (χ4n) is 3.29. The van der Waals surface area contributed by atoms with E-state index < -0.39 is 4.87 Å². The number of Topliss-reactive ketones (excluding diaryl/α,β-unsaturated/α-hetero) is 2. The number of aryl methyl sites for hydroxylation is 1. The lowest BCUT2D eigenvalue weighted by molar-refractivity contribution is -0.130. The number of ether oxygens (including phenoxy) is 2. The summed E-state index contributed by atoms with van der Waals surface area (Å²) in [6.07, 6.45) is 6.48. The Morgan fingerprint density at radius 1 is 1.07 bits per heavy atom. The third-order valence-corrected chi connectivity index (χ3v) is 5.68. The zero-order valence-corrected chi connectivity index (χ0v) is 17.2. The highest BCUT2D eigenvalue weighted by Gasteiger charge is 2.40. The van der Waals surface area contributed by atoms with Crippen molar-refractivity contribution >= 4 is 23.2 Å². The van der Waals surface area contributed by atoms with Crippen LogP contribution in [0.4, 0.5) is 0 Å². The van der Waals surface area contributed by atoms with Crippen molar-refractivity contribution in [3.8, 4) is 11.5 Å². The van der Waals surface area contributed by atoms with Gasteiger partial charge in [-0.15, -0.1) is 11.6 Å². The monoisotopic (exact) mass is 392 g/mol. The van der Waals surface area contributed by atoms with Crippen LogP contribution >= 0.6 is 11.6 Å². The highest BCUT2D eigenvalue weighted by molar-refractivity contribution is 6.46. The third kappa shape index (κ3) is 5.35. The van der Waals surface area contributed by atoms with Crippen LogP contribution in [0.15, 0.2) is 29.8 Å². The van der Waals surface area contributed by atoms with Crippen LogP contribution in [0, 0.1) is 0 Å². The molecule has 0 fully saturated rings. The van der Waals surface area contributed by atoms with E-state index in [9.17, 15) is 9.59 Å². The molecule has 0 aliphatic carbocycles. The summed E-state index contributed by atoms with van der Waals surface area (Å²) in [5.41, 5.74) is 2.42. The number of carbonyl (C=O) groups is 2. The number of carbonyl (C=O) groups excluding carboxylic acids is 2. The number of alkyl halides is 1. The first kappa shape index (κ1) is 21.5. The summed E-state index contributed by atoms with van der Waals surface area (Å²) >= 11 is 6.47. The van der Waals surface area contributed by atoms with Crippen LogP contribution in [-0.4, -0.2) is 23.2 Å². The summed E-state index contributed by atoms with van der Waals surface area (Å²) in [4.78, 5) is 23.1. The first-order valence-electron chi connectivity index (χ1n) is 9.76. The van der Waals surface area contributed by atoms with Gasteiger partial charge < -0.3 is 9.47 Å². The predicted molar refractivity (Wildman–Crippen MR) is 108 cm³/mol. The van der Waals surface area contributed by atoms with Gasteiger partial charge in [0.05, 0.1) is 0 Å². The quantitative estimate of drug-likeness (QED) is 0.287. The van der Waals surface area contributed by atoms with Crippen molar-refractivity contribution in [2.45, 2.75) is 70.6 Å². The first-order valence-corrected chi connectivity index (χ1v) is 10.1. The summed E-state index contributed by atoms with van der Waals surface area (Å²) in [5.74, 6) is 1.25. The summed E-state index contributed by atoms with van der Waals surface area (Å²) in [6, 6.07) is 6.01. The number of allylic oxidation sites excluding steroid dienone is 2. The molecule has 4 nitrogen and oxygen atoms in total. The first-order chi connectivity index (χ1) is 12.9. The van der Waals surface area contributed by atoms with E-state index in [-0.39, 0.29) is 31.2 Å². The molecule has 1 aliphatic rings. The van der Waals surface area contributed by atoms with Gasteiger partial charge in [0, 0.05) is 12.8 Å². The smallest absolute Gasteiger partial charge is 0.231 e. The van der Waals surface area contributed by atoms with E-state index >= 15 is 0 Å². The normalized spacial score (nSPS) is 13.7. The van der Waals surface area contributed by atoms with Crippen LogP contribution in [0.3, 0.4) is 0 Å². The van der Waals surface area contributed by atoms with Crippen molar-refractivity contribution in [1.82, 2.24) is 0 Å². The lowest BCUT2D eigenvalue weighted by Gasteiger charge is -2.24. The van der Waals surface area contributed by atoms with Gasteiger partial charge in [-0.1, -0.05) is 38.5 Å². The lowest BCUT2D eigenvalue weighted by atomic mass is 9.87. The summed E-state index contributed by atoms with van der Waals surface area (Å²) in [5, 5.41) is 0. The molecule has 1 aliphatic heterocycles. The van der Waals surface area contributed by atoms with E-state index in [0.717, 1.165) is 30.8 Å². The molecule has 0 amide bonds. The summed E-state index contributed by atoms with van der Waals surface area (Å²) < 4.78 is 10.7. The Morgan fingerprint density at radius 3 is 2.37 bits per heavy atom. The molecule has 0 radical (unpaired) electrons. The lowest BCUT2D eigenvalue weighted by Crippen LogP contribution is -2.40. The van der Waals surface area contributed by atoms with Crippen LogP contribution < -0.4 is 9.47 Å². The highest BCUT2D eigenvalue weighted by Crippen LogP contribution is 2.33. The zero-order valence-electron chi connectivity index (χ0n) is 16.5. The van der Waals surface area contributed by atoms with E-state index in [1.54, 1.807) is 13.8 Å². The molecule has 0 spiro atoms. The molecule has 0 saturated carbocycles. The average molecular weight is 393 g/mol. The van der Waals surface area contributed by atoms with Gasteiger partial charge in [-0.3, -0.25) is 9.59 Å². The van der Waals surface area contributed by atoms with Crippen LogP contribution in [-0.2, 0) is 16.0 Å². The topological polar surface area (TPSA) is 52.6 Å². The number of halogens is 1. The third-order valence-electron chi connectivity index (χ3n) is 5.07. The Kier molecular flexibility index (Phi) is 7.91. The molecule has 0 bridgehead atoms. The van der Waals surface area contributed by atoms with E-state index in [1.165, 1.54) is 11.1 Å². The number of hydrogen-bond acceptors (Lipinski definition) is 4. The van der Waals surface area contributed by atoms with Gasteiger partial charge in [-0.05, 0) is 49.8 Å². The van der Waals surface area contributed by atoms with Crippen molar-refractivity contribution in [2.24, 2.45) is 0 Å². The van der Waals surface area contributed by atoms with E-state index in [0.29, 0.717) is 12.8 Å². The molecule has 1 heterocycles. The fraction of sp³-hybridized carbons (Fsp3) is 0.545. The van der Waals surface area contributed by atoms with Gasteiger partial charge >= 0.3 is 0 Å². The molecular weight excluding hydrogens is 364 g/mol. The van der Waals surface area contributed by atoms with E-state index in [4.69, 9.17) is 21.1 Å². The van der Waals surface area contributed by atoms with Gasteiger partial charge in [0.25, 0.3) is 0 Å². The molecule has 0 aromatic heterocycles. The van der Waals surface area contributed by atoms with Crippen molar-refractivity contribution in [1.29, 1.82) is 0 Å². The van der Waals surface area contributed by atoms with Crippen LogP contribution in [0.25, 0.3) is 0 Å². The maximum absolute atomic E-state index is 12.2. The molecule has 1 aromatic rings. The summed E-state index contributed by atoms with van der Waals surface area (Å²) in [7, 11) is 0. The second kappa shape index (κ2) is 9.93. The highest BCUT2D eigenvalue weighted by atomic mass is 35.5. The van der Waals surface area contributed by atoms with E-state index in [2.05, 4.69) is 19.1 Å². The Bertz CT molecular complexity index is 692. The van der Waals surface area contributed by atoms with Crippen molar-refractivity contribution < 1.29 is 19.1 Å². The maximum Gasteiger partial charge on any atom is 0.231 e. The van der Waals surface area contributed by atoms with Crippen molar-refractivity contribution in [3.63, 3.8) is 0 Å². The molecule has 2 rings (SSSR count). The molecule has 1 aromatic carbocycles. The molecule has 0 saturated heterocycles. The minimum atomic E-state index is -1.37. The van der Waals surface area contributed by atoms with E-state index in [1.807, 2.05) is 12.1 Å². The minimum Gasteiger partial charge on any atom is -0.454 e. The second-order valence-electron chi connectivity index (χ2n) is 6.80. The zero-order chi connectivity index (χ0) is 19.9. The Hall–Kier alpha value is -1.81. The van der Waals surface area contributed by atoms with Crippen LogP contribution in [0.5, 0.6) is 11.5 Å². The SMILES string of the molecule is CCC(=O)C(Cl)(CC/C(=C/CCc1ccc2c(c1)OCO2)CC)C(=O)CC. The number of ketones is 2. The predicted octanol–water partition coefficient (Wildman–Crippen LogP) is 5.40. The van der Waals surface area contributed by atoms with Gasteiger partial charge in [0.2, 0.25) is 6.79 Å². The molecule has 0 atom stereocenters. The number of benzene rings is 1.